The van der Waals surface area contributed by atoms with Crippen LogP contribution in [-0.2, 0) is 0 Å². The van der Waals surface area contributed by atoms with Crippen LogP contribution >= 0.6 is 0 Å². The Balaban J connectivity index is 2.18. The van der Waals surface area contributed by atoms with Gasteiger partial charge in [0.2, 0.25) is 0 Å². The van der Waals surface area contributed by atoms with E-state index in [1.165, 1.54) is 0 Å². The number of rotatable bonds is 2. The highest BCUT2D eigenvalue weighted by Crippen LogP contribution is 2.48. The predicted molar refractivity (Wildman–Crippen MR) is 68.6 cm³/mol. The van der Waals surface area contributed by atoms with Gasteiger partial charge in [0.25, 0.3) is 0 Å². The maximum atomic E-state index is 13.4. The highest BCUT2D eigenvalue weighted by molar-refractivity contribution is 5.61. The molecule has 0 atom stereocenters. The number of hydrogen-bond donors (Lipinski definition) is 0. The minimum Gasteiger partial charge on any atom is -0.395 e. The van der Waals surface area contributed by atoms with Crippen LogP contribution in [0.25, 0.3) is 5.69 Å². The van der Waals surface area contributed by atoms with Crippen molar-refractivity contribution in [1.82, 2.24) is 9.55 Å². The molecule has 2 aromatic rings. The molecule has 4 nitrogen and oxygen atoms in total. The van der Waals surface area contributed by atoms with Crippen LogP contribution in [0.1, 0.15) is 31.0 Å². The van der Waals surface area contributed by atoms with E-state index in [1.807, 2.05) is 20.8 Å². The van der Waals surface area contributed by atoms with Crippen LogP contribution in [-0.4, -0.2) is 15.8 Å². The lowest BCUT2D eigenvalue weighted by molar-refractivity contribution is -0.286. The van der Waals surface area contributed by atoms with Crippen molar-refractivity contribution in [3.05, 3.63) is 35.9 Å². The molecule has 0 radical (unpaired) electrons. The summed E-state index contributed by atoms with van der Waals surface area (Å²) in [5.74, 6) is 0.215. The van der Waals surface area contributed by atoms with Gasteiger partial charge in [0, 0.05) is 11.8 Å². The fraction of sp³-hybridized carbons (Fsp3) is 0.357. The number of hydrogen-bond acceptors (Lipinski definition) is 3. The largest absolute Gasteiger partial charge is 0.586 e. The normalized spacial score (nSPS) is 15.9. The number of imidazole rings is 1. The molecule has 0 saturated carbocycles. The number of benzene rings is 1. The standard InChI is InChI=1S/C14H14F2N2O2/c1-8(2)10-4-5-11(18-6-9(3)17-7-18)13-12(10)19-14(15,16)20-13/h4-8H,1-3H3. The van der Waals surface area contributed by atoms with Crippen molar-refractivity contribution in [2.24, 2.45) is 0 Å². The number of aryl methyl sites for hydroxylation is 1. The molecule has 106 valence electrons. The molecule has 1 aliphatic heterocycles. The molecule has 1 aromatic carbocycles. The van der Waals surface area contributed by atoms with Crippen molar-refractivity contribution < 1.29 is 18.3 Å². The summed E-state index contributed by atoms with van der Waals surface area (Å²) in [7, 11) is 0. The Labute approximate surface area is 115 Å². The van der Waals surface area contributed by atoms with Crippen LogP contribution in [0.4, 0.5) is 8.78 Å². The van der Waals surface area contributed by atoms with Crippen molar-refractivity contribution >= 4 is 0 Å². The molecule has 0 saturated heterocycles. The van der Waals surface area contributed by atoms with Gasteiger partial charge in [-0.25, -0.2) is 4.98 Å². The number of ether oxygens (including phenoxy) is 2. The second-order valence-electron chi connectivity index (χ2n) is 5.08. The third-order valence-electron chi connectivity index (χ3n) is 3.18. The summed E-state index contributed by atoms with van der Waals surface area (Å²) in [4.78, 5) is 4.09. The van der Waals surface area contributed by atoms with Gasteiger partial charge in [-0.3, -0.25) is 0 Å². The summed E-state index contributed by atoms with van der Waals surface area (Å²) in [5.41, 5.74) is 1.97. The summed E-state index contributed by atoms with van der Waals surface area (Å²) in [6, 6.07) is 3.51. The summed E-state index contributed by atoms with van der Waals surface area (Å²) < 4.78 is 37.8. The summed E-state index contributed by atoms with van der Waals surface area (Å²) in [5, 5.41) is 0. The van der Waals surface area contributed by atoms with Gasteiger partial charge in [0.1, 0.15) is 0 Å². The SMILES string of the molecule is Cc1cn(-c2ccc(C(C)C)c3c2OC(F)(F)O3)cn1. The second-order valence-corrected chi connectivity index (χ2v) is 5.08. The smallest absolute Gasteiger partial charge is 0.395 e. The lowest BCUT2D eigenvalue weighted by Gasteiger charge is -2.11. The maximum absolute atomic E-state index is 13.4. The van der Waals surface area contributed by atoms with Gasteiger partial charge in [0.05, 0.1) is 17.7 Å². The van der Waals surface area contributed by atoms with Crippen molar-refractivity contribution in [3.63, 3.8) is 0 Å². The number of aromatic nitrogens is 2. The molecule has 1 aromatic heterocycles. The Kier molecular flexibility index (Phi) is 2.70. The molecule has 6 heteroatoms. The van der Waals surface area contributed by atoms with Crippen LogP contribution < -0.4 is 9.47 Å². The van der Waals surface area contributed by atoms with Gasteiger partial charge in [-0.2, -0.15) is 0 Å². The molecule has 2 heterocycles. The third-order valence-corrected chi connectivity index (χ3v) is 3.18. The predicted octanol–water partition coefficient (Wildman–Crippen LogP) is 3.63. The van der Waals surface area contributed by atoms with E-state index in [2.05, 4.69) is 14.5 Å². The first-order valence-electron chi connectivity index (χ1n) is 6.31. The molecule has 3 rings (SSSR count). The van der Waals surface area contributed by atoms with Crippen LogP contribution in [0.5, 0.6) is 11.5 Å². The molecule has 1 aliphatic rings. The molecule has 0 N–H and O–H groups in total. The maximum Gasteiger partial charge on any atom is 0.586 e. The first kappa shape index (κ1) is 12.9. The monoisotopic (exact) mass is 280 g/mol. The van der Waals surface area contributed by atoms with Crippen molar-refractivity contribution in [3.8, 4) is 17.2 Å². The summed E-state index contributed by atoms with van der Waals surface area (Å²) in [6.45, 7) is 5.65. The Bertz CT molecular complexity index is 665. The summed E-state index contributed by atoms with van der Waals surface area (Å²) in [6.07, 6.45) is -0.331. The molecule has 0 fully saturated rings. The van der Waals surface area contributed by atoms with Crippen LogP contribution in [0.2, 0.25) is 0 Å². The fourth-order valence-corrected chi connectivity index (χ4v) is 2.24. The van der Waals surface area contributed by atoms with Gasteiger partial charge in [-0.1, -0.05) is 19.9 Å². The highest BCUT2D eigenvalue weighted by atomic mass is 19.3. The fourth-order valence-electron chi connectivity index (χ4n) is 2.24. The van der Waals surface area contributed by atoms with Gasteiger partial charge in [0.15, 0.2) is 11.5 Å². The topological polar surface area (TPSA) is 36.3 Å². The van der Waals surface area contributed by atoms with E-state index in [0.29, 0.717) is 11.3 Å². The molecule has 0 spiro atoms. The first-order chi connectivity index (χ1) is 9.37. The zero-order chi connectivity index (χ0) is 14.5. The van der Waals surface area contributed by atoms with E-state index in [4.69, 9.17) is 0 Å². The van der Waals surface area contributed by atoms with Crippen molar-refractivity contribution in [1.29, 1.82) is 0 Å². The molecular formula is C14H14F2N2O2. The Hall–Kier alpha value is -2.11. The first-order valence-corrected chi connectivity index (χ1v) is 6.31. The van der Waals surface area contributed by atoms with E-state index in [-0.39, 0.29) is 17.4 Å². The van der Waals surface area contributed by atoms with Crippen molar-refractivity contribution in [2.45, 2.75) is 33.0 Å². The van der Waals surface area contributed by atoms with E-state index in [0.717, 1.165) is 5.69 Å². The van der Waals surface area contributed by atoms with Crippen LogP contribution in [0, 0.1) is 6.92 Å². The van der Waals surface area contributed by atoms with Crippen LogP contribution in [0.15, 0.2) is 24.7 Å². The molecule has 0 unspecified atom stereocenters. The van der Waals surface area contributed by atoms with Gasteiger partial charge < -0.3 is 14.0 Å². The Morgan fingerprint density at radius 1 is 1.20 bits per heavy atom. The minimum absolute atomic E-state index is 0.0543. The quantitative estimate of drug-likeness (QED) is 0.843. The average molecular weight is 280 g/mol. The number of alkyl halides is 2. The third kappa shape index (κ3) is 2.01. The van der Waals surface area contributed by atoms with E-state index in [1.54, 1.807) is 29.2 Å². The lowest BCUT2D eigenvalue weighted by Crippen LogP contribution is -2.26. The van der Waals surface area contributed by atoms with E-state index < -0.39 is 6.29 Å². The van der Waals surface area contributed by atoms with Crippen molar-refractivity contribution in [2.75, 3.05) is 0 Å². The average Bonchev–Trinajstić information content (AvgIpc) is 2.89. The van der Waals surface area contributed by atoms with E-state index >= 15 is 0 Å². The Morgan fingerprint density at radius 2 is 1.90 bits per heavy atom. The van der Waals surface area contributed by atoms with Gasteiger partial charge in [-0.05, 0) is 18.9 Å². The minimum atomic E-state index is -3.63. The number of fused-ring (bicyclic) bond motifs is 1. The van der Waals surface area contributed by atoms with E-state index in [9.17, 15) is 8.78 Å². The van der Waals surface area contributed by atoms with Gasteiger partial charge >= 0.3 is 6.29 Å². The highest BCUT2D eigenvalue weighted by Gasteiger charge is 2.46. The zero-order valence-electron chi connectivity index (χ0n) is 11.4. The number of halogens is 2. The molecule has 0 amide bonds. The lowest BCUT2D eigenvalue weighted by atomic mass is 10.0. The second kappa shape index (κ2) is 4.19. The molecule has 0 aliphatic carbocycles. The summed E-state index contributed by atoms with van der Waals surface area (Å²) >= 11 is 0. The molecule has 20 heavy (non-hydrogen) atoms. The number of nitrogens with zero attached hydrogens (tertiary/aromatic N) is 2. The Morgan fingerprint density at radius 3 is 2.50 bits per heavy atom. The van der Waals surface area contributed by atoms with Crippen LogP contribution in [0.3, 0.4) is 0 Å². The molecular weight excluding hydrogens is 266 g/mol. The van der Waals surface area contributed by atoms with Gasteiger partial charge in [-0.15, -0.1) is 8.78 Å². The molecule has 0 bridgehead atoms. The zero-order valence-corrected chi connectivity index (χ0v) is 11.4.